The molecule has 0 radical (unpaired) electrons. The average molecular weight is 356 g/mol. The topological polar surface area (TPSA) is 62.5 Å². The number of fused-ring (bicyclic) bond motifs is 1. The van der Waals surface area contributed by atoms with Gasteiger partial charge in [0, 0.05) is 25.2 Å². The quantitative estimate of drug-likeness (QED) is 0.816. The molecule has 6 heteroatoms. The number of anilines is 1. The molecule has 2 aliphatic heterocycles. The maximum absolute atomic E-state index is 13.5. The Hall–Kier alpha value is -2.11. The van der Waals surface area contributed by atoms with Gasteiger partial charge in [-0.3, -0.25) is 4.79 Å². The first-order chi connectivity index (χ1) is 12.6. The molecule has 2 unspecified atom stereocenters. The number of aryl methyl sites for hydroxylation is 1. The van der Waals surface area contributed by atoms with Crippen LogP contribution in [0.2, 0.25) is 0 Å². The highest BCUT2D eigenvalue weighted by molar-refractivity contribution is 6.10. The lowest BCUT2D eigenvalue weighted by molar-refractivity contribution is 0.0511. The zero-order valence-electron chi connectivity index (χ0n) is 16.0. The van der Waals surface area contributed by atoms with Crippen LogP contribution in [0, 0.1) is 6.92 Å². The molecule has 0 aliphatic carbocycles. The van der Waals surface area contributed by atoms with Crippen molar-refractivity contribution in [3.8, 4) is 0 Å². The molecule has 6 nitrogen and oxygen atoms in total. The van der Waals surface area contributed by atoms with E-state index in [1.807, 2.05) is 11.8 Å². The smallest absolute Gasteiger partial charge is 0.258 e. The van der Waals surface area contributed by atoms with Crippen molar-refractivity contribution in [3.05, 3.63) is 17.7 Å². The maximum atomic E-state index is 13.5. The lowest BCUT2D eigenvalue weighted by Crippen LogP contribution is -2.47. The number of hydrogen-bond donors (Lipinski definition) is 0. The minimum absolute atomic E-state index is 0.0639. The van der Waals surface area contributed by atoms with Crippen molar-refractivity contribution in [2.75, 3.05) is 18.0 Å². The van der Waals surface area contributed by atoms with Crippen LogP contribution in [0.4, 0.5) is 5.82 Å². The molecule has 2 aromatic rings. The zero-order chi connectivity index (χ0) is 18.3. The SMILES string of the molecule is Cc1oc2ncnc(N3CCCCC3)c2c1C(=O)N1C(C)CCCC1C. The number of likely N-dealkylation sites (tertiary alicyclic amines) is 1. The second kappa shape index (κ2) is 6.89. The fourth-order valence-electron chi connectivity index (χ4n) is 4.58. The highest BCUT2D eigenvalue weighted by Crippen LogP contribution is 2.35. The van der Waals surface area contributed by atoms with E-state index in [9.17, 15) is 4.79 Å². The van der Waals surface area contributed by atoms with Crippen LogP contribution in [0.15, 0.2) is 10.7 Å². The van der Waals surface area contributed by atoms with Crippen molar-refractivity contribution >= 4 is 22.8 Å². The molecular formula is C20H28N4O2. The van der Waals surface area contributed by atoms with E-state index >= 15 is 0 Å². The Kier molecular flexibility index (Phi) is 4.59. The van der Waals surface area contributed by atoms with Crippen LogP contribution in [0.3, 0.4) is 0 Å². The van der Waals surface area contributed by atoms with E-state index in [-0.39, 0.29) is 18.0 Å². The van der Waals surface area contributed by atoms with Crippen molar-refractivity contribution in [1.29, 1.82) is 0 Å². The lowest BCUT2D eigenvalue weighted by Gasteiger charge is -2.39. The van der Waals surface area contributed by atoms with E-state index in [0.29, 0.717) is 17.0 Å². The van der Waals surface area contributed by atoms with Crippen molar-refractivity contribution < 1.29 is 9.21 Å². The van der Waals surface area contributed by atoms with Crippen molar-refractivity contribution in [1.82, 2.24) is 14.9 Å². The predicted octanol–water partition coefficient (Wildman–Crippen LogP) is 3.92. The summed E-state index contributed by atoms with van der Waals surface area (Å²) in [6.45, 7) is 8.11. The van der Waals surface area contributed by atoms with Gasteiger partial charge < -0.3 is 14.2 Å². The minimum atomic E-state index is 0.0639. The molecule has 26 heavy (non-hydrogen) atoms. The third-order valence-corrected chi connectivity index (χ3v) is 5.94. The predicted molar refractivity (Wildman–Crippen MR) is 102 cm³/mol. The number of nitrogens with zero attached hydrogens (tertiary/aromatic N) is 4. The van der Waals surface area contributed by atoms with E-state index in [0.717, 1.165) is 50.0 Å². The molecule has 4 rings (SSSR count). The highest BCUT2D eigenvalue weighted by Gasteiger charge is 2.34. The van der Waals surface area contributed by atoms with Crippen molar-refractivity contribution in [2.45, 2.75) is 71.4 Å². The Labute approximate surface area is 154 Å². The van der Waals surface area contributed by atoms with Gasteiger partial charge in [-0.25, -0.2) is 9.97 Å². The molecule has 2 aromatic heterocycles. The second-order valence-electron chi connectivity index (χ2n) is 7.80. The summed E-state index contributed by atoms with van der Waals surface area (Å²) >= 11 is 0. The van der Waals surface area contributed by atoms with E-state index in [1.165, 1.54) is 12.8 Å². The number of amides is 1. The number of carbonyl (C=O) groups excluding carboxylic acids is 1. The number of piperidine rings is 2. The molecule has 4 heterocycles. The molecule has 0 aromatic carbocycles. The summed E-state index contributed by atoms with van der Waals surface area (Å²) in [7, 11) is 0. The van der Waals surface area contributed by atoms with Crippen LogP contribution in [0.25, 0.3) is 11.1 Å². The summed E-state index contributed by atoms with van der Waals surface area (Å²) in [6.07, 6.45) is 8.41. The van der Waals surface area contributed by atoms with Crippen LogP contribution in [0.5, 0.6) is 0 Å². The summed E-state index contributed by atoms with van der Waals surface area (Å²) in [5, 5.41) is 0.793. The van der Waals surface area contributed by atoms with Gasteiger partial charge in [-0.15, -0.1) is 0 Å². The molecule has 0 saturated carbocycles. The molecule has 140 valence electrons. The molecule has 0 spiro atoms. The molecule has 2 fully saturated rings. The summed E-state index contributed by atoms with van der Waals surface area (Å²) in [6, 6.07) is 0.498. The number of aromatic nitrogens is 2. The van der Waals surface area contributed by atoms with E-state index in [4.69, 9.17) is 4.42 Å². The Morgan fingerprint density at radius 2 is 1.77 bits per heavy atom. The highest BCUT2D eigenvalue weighted by atomic mass is 16.3. The van der Waals surface area contributed by atoms with E-state index in [2.05, 4.69) is 28.7 Å². The number of hydrogen-bond acceptors (Lipinski definition) is 5. The monoisotopic (exact) mass is 356 g/mol. The van der Waals surface area contributed by atoms with Crippen LogP contribution < -0.4 is 4.90 Å². The summed E-state index contributed by atoms with van der Waals surface area (Å²) in [5.41, 5.74) is 1.18. The Balaban J connectivity index is 1.81. The molecule has 1 amide bonds. The Morgan fingerprint density at radius 3 is 2.46 bits per heavy atom. The third kappa shape index (κ3) is 2.85. The maximum Gasteiger partial charge on any atom is 0.258 e. The molecular weight excluding hydrogens is 328 g/mol. The first-order valence-corrected chi connectivity index (χ1v) is 9.89. The van der Waals surface area contributed by atoms with Crippen LogP contribution in [0.1, 0.15) is 68.5 Å². The standard InChI is InChI=1S/C20H28N4O2/c1-13-8-7-9-14(2)24(13)20(25)16-15(3)26-19-17(16)18(21-12-22-19)23-10-5-4-6-11-23/h12-14H,4-11H2,1-3H3. The van der Waals surface area contributed by atoms with Gasteiger partial charge in [0.05, 0.1) is 10.9 Å². The van der Waals surface area contributed by atoms with Gasteiger partial charge in [0.25, 0.3) is 5.91 Å². The van der Waals surface area contributed by atoms with Gasteiger partial charge in [-0.05, 0) is 59.3 Å². The average Bonchev–Trinajstić information content (AvgIpc) is 2.98. The Bertz CT molecular complexity index is 799. The van der Waals surface area contributed by atoms with Crippen LogP contribution >= 0.6 is 0 Å². The largest absolute Gasteiger partial charge is 0.442 e. The molecule has 2 aliphatic rings. The third-order valence-electron chi connectivity index (χ3n) is 5.94. The molecule has 0 bridgehead atoms. The normalized spacial score (nSPS) is 24.3. The van der Waals surface area contributed by atoms with Gasteiger partial charge in [0.1, 0.15) is 17.9 Å². The fraction of sp³-hybridized carbons (Fsp3) is 0.650. The van der Waals surface area contributed by atoms with Crippen LogP contribution in [-0.4, -0.2) is 45.9 Å². The fourth-order valence-corrected chi connectivity index (χ4v) is 4.58. The number of carbonyl (C=O) groups is 1. The number of rotatable bonds is 2. The van der Waals surface area contributed by atoms with Gasteiger partial charge in [-0.2, -0.15) is 0 Å². The summed E-state index contributed by atoms with van der Waals surface area (Å²) < 4.78 is 5.89. The van der Waals surface area contributed by atoms with Crippen molar-refractivity contribution in [2.24, 2.45) is 0 Å². The first-order valence-electron chi connectivity index (χ1n) is 9.89. The van der Waals surface area contributed by atoms with Gasteiger partial charge >= 0.3 is 0 Å². The van der Waals surface area contributed by atoms with E-state index < -0.39 is 0 Å². The first kappa shape index (κ1) is 17.3. The molecule has 2 atom stereocenters. The lowest BCUT2D eigenvalue weighted by atomic mass is 9.96. The second-order valence-corrected chi connectivity index (χ2v) is 7.80. The minimum Gasteiger partial charge on any atom is -0.442 e. The van der Waals surface area contributed by atoms with Gasteiger partial charge in [0.15, 0.2) is 0 Å². The molecule has 0 N–H and O–H groups in total. The van der Waals surface area contributed by atoms with Gasteiger partial charge in [0.2, 0.25) is 5.71 Å². The number of furan rings is 1. The van der Waals surface area contributed by atoms with Crippen LogP contribution in [-0.2, 0) is 0 Å². The summed E-state index contributed by atoms with van der Waals surface area (Å²) in [4.78, 5) is 26.7. The Morgan fingerprint density at radius 1 is 1.08 bits per heavy atom. The molecule has 2 saturated heterocycles. The van der Waals surface area contributed by atoms with Gasteiger partial charge in [-0.1, -0.05) is 0 Å². The van der Waals surface area contributed by atoms with Crippen molar-refractivity contribution in [3.63, 3.8) is 0 Å². The zero-order valence-corrected chi connectivity index (χ0v) is 16.0. The van der Waals surface area contributed by atoms with E-state index in [1.54, 1.807) is 6.33 Å². The summed E-state index contributed by atoms with van der Waals surface area (Å²) in [5.74, 6) is 1.56.